The zero-order chi connectivity index (χ0) is 28.3. The van der Waals surface area contributed by atoms with Gasteiger partial charge >= 0.3 is 0 Å². The number of para-hydroxylation sites is 1. The number of piperidine rings is 1. The summed E-state index contributed by atoms with van der Waals surface area (Å²) < 4.78 is 5.94. The van der Waals surface area contributed by atoms with Crippen LogP contribution in [0.1, 0.15) is 64.7 Å². The quantitative estimate of drug-likeness (QED) is 0.203. The van der Waals surface area contributed by atoms with E-state index in [4.69, 9.17) is 4.74 Å². The Morgan fingerprint density at radius 3 is 2.44 bits per heavy atom. The minimum absolute atomic E-state index is 0.0127. The molecule has 0 aliphatic carbocycles. The molecule has 0 N–H and O–H groups in total. The van der Waals surface area contributed by atoms with Gasteiger partial charge in [-0.3, -0.25) is 9.59 Å². The van der Waals surface area contributed by atoms with Gasteiger partial charge in [-0.2, -0.15) is 0 Å². The summed E-state index contributed by atoms with van der Waals surface area (Å²) in [7, 11) is 0. The van der Waals surface area contributed by atoms with Crippen molar-refractivity contribution in [2.24, 2.45) is 0 Å². The van der Waals surface area contributed by atoms with E-state index in [0.717, 1.165) is 57.2 Å². The molecule has 0 radical (unpaired) electrons. The Bertz CT molecular complexity index is 1560. The number of hydrogen-bond donors (Lipinski definition) is 0. The summed E-state index contributed by atoms with van der Waals surface area (Å²) in [6.45, 7) is 4.80. The van der Waals surface area contributed by atoms with Crippen LogP contribution in [0, 0.1) is 0 Å². The van der Waals surface area contributed by atoms with Crippen molar-refractivity contribution in [2.45, 2.75) is 51.2 Å². The molecule has 2 aliphatic heterocycles. The number of allylic oxidation sites excluding steroid dienone is 1. The maximum atomic E-state index is 14.0. The van der Waals surface area contributed by atoms with Crippen molar-refractivity contribution in [3.63, 3.8) is 0 Å². The number of rotatable bonds is 8. The third-order valence-electron chi connectivity index (χ3n) is 8.00. The standard InChI is InChI=1S/C35H34N2O3S/c1-3-10-25-22-26(23-31-29-13-8-9-14-30(29)34(38)37(25)31)36(21-4-2)35(39)33-20-19-32(41-33)24-15-17-28(18-16-24)40-27-11-6-5-7-12-27/h3,5-20,25-26,31H,4,21-23H2,1-2H3/t25-,26?,31+/m1/s1. The van der Waals surface area contributed by atoms with Crippen LogP contribution in [-0.4, -0.2) is 40.2 Å². The molecule has 0 saturated carbocycles. The first-order valence-electron chi connectivity index (χ1n) is 14.4. The molecule has 4 aromatic rings. The van der Waals surface area contributed by atoms with Crippen molar-refractivity contribution < 1.29 is 14.3 Å². The lowest BCUT2D eigenvalue weighted by Crippen LogP contribution is -2.52. The second-order valence-corrected chi connectivity index (χ2v) is 11.7. The molecule has 1 unspecified atom stereocenters. The predicted octanol–water partition coefficient (Wildman–Crippen LogP) is 8.36. The van der Waals surface area contributed by atoms with Crippen molar-refractivity contribution in [3.8, 4) is 21.9 Å². The van der Waals surface area contributed by atoms with E-state index in [1.807, 2.05) is 103 Å². The minimum Gasteiger partial charge on any atom is -0.457 e. The Balaban J connectivity index is 1.22. The maximum absolute atomic E-state index is 14.0. The van der Waals surface area contributed by atoms with Crippen molar-refractivity contribution >= 4 is 23.2 Å². The van der Waals surface area contributed by atoms with E-state index in [2.05, 4.69) is 24.0 Å². The van der Waals surface area contributed by atoms with Gasteiger partial charge in [0.1, 0.15) is 11.5 Å². The summed E-state index contributed by atoms with van der Waals surface area (Å²) in [4.78, 5) is 33.2. The van der Waals surface area contributed by atoms with Crippen molar-refractivity contribution in [3.05, 3.63) is 119 Å². The van der Waals surface area contributed by atoms with E-state index in [9.17, 15) is 9.59 Å². The van der Waals surface area contributed by atoms with Crippen LogP contribution in [0.5, 0.6) is 11.5 Å². The largest absolute Gasteiger partial charge is 0.457 e. The lowest BCUT2D eigenvalue weighted by atomic mass is 9.88. The van der Waals surface area contributed by atoms with Gasteiger partial charge in [-0.25, -0.2) is 0 Å². The average Bonchev–Trinajstić information content (AvgIpc) is 3.61. The molecule has 1 saturated heterocycles. The van der Waals surface area contributed by atoms with Crippen molar-refractivity contribution in [2.75, 3.05) is 6.54 Å². The fourth-order valence-electron chi connectivity index (χ4n) is 6.18. The van der Waals surface area contributed by atoms with Crippen LogP contribution in [0.25, 0.3) is 10.4 Å². The normalized spacial score (nSPS) is 19.7. The predicted molar refractivity (Wildman–Crippen MR) is 165 cm³/mol. The molecule has 5 nitrogen and oxygen atoms in total. The van der Waals surface area contributed by atoms with E-state index < -0.39 is 0 Å². The summed E-state index contributed by atoms with van der Waals surface area (Å²) in [5.41, 5.74) is 2.93. The number of benzene rings is 3. The van der Waals surface area contributed by atoms with Crippen LogP contribution in [-0.2, 0) is 0 Å². The molecule has 0 bridgehead atoms. The number of nitrogens with zero attached hydrogens (tertiary/aromatic N) is 2. The molecular formula is C35H34N2O3S. The van der Waals surface area contributed by atoms with Gasteiger partial charge in [0, 0.05) is 23.0 Å². The number of carbonyl (C=O) groups is 2. The monoisotopic (exact) mass is 562 g/mol. The third kappa shape index (κ3) is 5.32. The Hall–Kier alpha value is -4.16. The van der Waals surface area contributed by atoms with Gasteiger partial charge < -0.3 is 14.5 Å². The third-order valence-corrected chi connectivity index (χ3v) is 9.12. The molecule has 3 atom stereocenters. The van der Waals surface area contributed by atoms with Crippen LogP contribution >= 0.6 is 11.3 Å². The molecule has 6 rings (SSSR count). The van der Waals surface area contributed by atoms with Crippen LogP contribution < -0.4 is 4.74 Å². The topological polar surface area (TPSA) is 49.9 Å². The van der Waals surface area contributed by atoms with Crippen LogP contribution in [0.3, 0.4) is 0 Å². The summed E-state index contributed by atoms with van der Waals surface area (Å²) in [5, 5.41) is 0. The molecule has 3 heterocycles. The molecule has 6 heteroatoms. The van der Waals surface area contributed by atoms with Crippen molar-refractivity contribution in [1.29, 1.82) is 0 Å². The highest BCUT2D eigenvalue weighted by Gasteiger charge is 2.46. The summed E-state index contributed by atoms with van der Waals surface area (Å²) >= 11 is 1.53. The number of ether oxygens (including phenoxy) is 1. The van der Waals surface area contributed by atoms with Gasteiger partial charge in [-0.05, 0) is 91.9 Å². The maximum Gasteiger partial charge on any atom is 0.264 e. The number of thiophene rings is 1. The number of amides is 2. The van der Waals surface area contributed by atoms with Gasteiger partial charge in [0.05, 0.1) is 17.0 Å². The van der Waals surface area contributed by atoms with E-state index >= 15 is 0 Å². The van der Waals surface area contributed by atoms with Crippen LogP contribution in [0.15, 0.2) is 103 Å². The highest BCUT2D eigenvalue weighted by Crippen LogP contribution is 2.44. The SMILES string of the molecule is CC=C[C@@H]1CC(N(CCC)C(=O)c2ccc(-c3ccc(Oc4ccccc4)cc3)s2)C[C@H]2c3ccccc3C(=O)N12. The zero-order valence-corrected chi connectivity index (χ0v) is 24.2. The highest BCUT2D eigenvalue weighted by molar-refractivity contribution is 7.17. The second kappa shape index (κ2) is 11.8. The van der Waals surface area contributed by atoms with Gasteiger partial charge in [0.25, 0.3) is 11.8 Å². The molecule has 208 valence electrons. The Morgan fingerprint density at radius 1 is 0.951 bits per heavy atom. The average molecular weight is 563 g/mol. The Labute approximate surface area is 245 Å². The van der Waals surface area contributed by atoms with E-state index in [0.29, 0.717) is 6.54 Å². The smallest absolute Gasteiger partial charge is 0.264 e. The van der Waals surface area contributed by atoms with Gasteiger partial charge in [-0.15, -0.1) is 11.3 Å². The first kappa shape index (κ1) is 27.0. The lowest BCUT2D eigenvalue weighted by Gasteiger charge is -2.44. The number of fused-ring (bicyclic) bond motifs is 3. The fraction of sp³-hybridized carbons (Fsp3) is 0.257. The molecule has 3 aromatic carbocycles. The molecule has 1 fully saturated rings. The molecule has 41 heavy (non-hydrogen) atoms. The number of carbonyl (C=O) groups excluding carboxylic acids is 2. The highest BCUT2D eigenvalue weighted by atomic mass is 32.1. The van der Waals surface area contributed by atoms with Gasteiger partial charge in [0.15, 0.2) is 0 Å². The first-order chi connectivity index (χ1) is 20.1. The Morgan fingerprint density at radius 2 is 1.68 bits per heavy atom. The summed E-state index contributed by atoms with van der Waals surface area (Å²) in [5.74, 6) is 1.75. The lowest BCUT2D eigenvalue weighted by molar-refractivity contribution is 0.0327. The van der Waals surface area contributed by atoms with Gasteiger partial charge in [0.2, 0.25) is 0 Å². The minimum atomic E-state index is -0.0358. The van der Waals surface area contributed by atoms with Gasteiger partial charge in [-0.1, -0.05) is 55.5 Å². The molecule has 2 aliphatic rings. The van der Waals surface area contributed by atoms with E-state index in [1.165, 1.54) is 11.3 Å². The zero-order valence-electron chi connectivity index (χ0n) is 23.4. The second-order valence-electron chi connectivity index (χ2n) is 10.6. The molecule has 2 amide bonds. The Kier molecular flexibility index (Phi) is 7.75. The van der Waals surface area contributed by atoms with Crippen molar-refractivity contribution in [1.82, 2.24) is 9.80 Å². The fourth-order valence-corrected chi connectivity index (χ4v) is 7.15. The number of hydrogen-bond acceptors (Lipinski definition) is 4. The van der Waals surface area contributed by atoms with Crippen LogP contribution in [0.2, 0.25) is 0 Å². The molecule has 0 spiro atoms. The molecule has 1 aromatic heterocycles. The first-order valence-corrected chi connectivity index (χ1v) is 15.2. The summed E-state index contributed by atoms with van der Waals surface area (Å²) in [6.07, 6.45) is 6.51. The summed E-state index contributed by atoms with van der Waals surface area (Å²) in [6, 6.07) is 29.6. The van der Waals surface area contributed by atoms with Crippen LogP contribution in [0.4, 0.5) is 0 Å². The molecular weight excluding hydrogens is 528 g/mol. The van der Waals surface area contributed by atoms with E-state index in [-0.39, 0.29) is 29.9 Å². The van der Waals surface area contributed by atoms with E-state index in [1.54, 1.807) is 0 Å².